The van der Waals surface area contributed by atoms with Crippen LogP contribution in [0, 0.1) is 5.92 Å². The highest BCUT2D eigenvalue weighted by Crippen LogP contribution is 2.26. The zero-order valence-electron chi connectivity index (χ0n) is 12.3. The summed E-state index contributed by atoms with van der Waals surface area (Å²) in [6.45, 7) is 4.77. The van der Waals surface area contributed by atoms with Gasteiger partial charge < -0.3 is 10.3 Å². The summed E-state index contributed by atoms with van der Waals surface area (Å²) in [5.41, 5.74) is 4.99. The average Bonchev–Trinajstić information content (AvgIpc) is 3.12. The molecule has 1 aliphatic carbocycles. The molecule has 1 amide bonds. The van der Waals surface area contributed by atoms with Crippen molar-refractivity contribution in [2.45, 2.75) is 45.6 Å². The van der Waals surface area contributed by atoms with Crippen LogP contribution in [0.15, 0.2) is 10.9 Å². The quantitative estimate of drug-likeness (QED) is 0.911. The first-order chi connectivity index (χ1) is 10.1. The predicted molar refractivity (Wildman–Crippen MR) is 82.2 cm³/mol. The van der Waals surface area contributed by atoms with Crippen molar-refractivity contribution >= 4 is 17.2 Å². The van der Waals surface area contributed by atoms with E-state index >= 15 is 0 Å². The molecule has 2 aromatic heterocycles. The normalized spacial score (nSPS) is 17.8. The Bertz CT molecular complexity index is 618. The van der Waals surface area contributed by atoms with Crippen molar-refractivity contribution in [2.24, 2.45) is 5.92 Å². The topological polar surface area (TPSA) is 70.7 Å². The third kappa shape index (κ3) is 3.15. The molecule has 1 unspecified atom stereocenters. The number of hydrogen-bond acceptors (Lipinski definition) is 4. The number of aryl methyl sites for hydroxylation is 1. The fourth-order valence-corrected chi connectivity index (χ4v) is 3.21. The molecule has 0 aliphatic heterocycles. The van der Waals surface area contributed by atoms with Crippen LogP contribution in [0.4, 0.5) is 0 Å². The fraction of sp³-hybridized carbons (Fsp3) is 0.533. The van der Waals surface area contributed by atoms with Gasteiger partial charge in [-0.15, -0.1) is 11.3 Å². The lowest BCUT2D eigenvalue weighted by Crippen LogP contribution is -2.33. The molecule has 0 saturated heterocycles. The minimum absolute atomic E-state index is 0.0385. The lowest BCUT2D eigenvalue weighted by molar-refractivity contribution is -0.125. The highest BCUT2D eigenvalue weighted by atomic mass is 32.1. The Morgan fingerprint density at radius 2 is 2.43 bits per heavy atom. The molecule has 1 aliphatic rings. The van der Waals surface area contributed by atoms with E-state index in [-0.39, 0.29) is 11.8 Å². The lowest BCUT2D eigenvalue weighted by Gasteiger charge is -2.20. The van der Waals surface area contributed by atoms with Gasteiger partial charge in [0.15, 0.2) is 0 Å². The minimum atomic E-state index is 0.0385. The first-order valence-corrected chi connectivity index (χ1v) is 8.30. The lowest BCUT2D eigenvalue weighted by atomic mass is 9.89. The van der Waals surface area contributed by atoms with Crippen LogP contribution in [0.25, 0.3) is 0 Å². The van der Waals surface area contributed by atoms with Gasteiger partial charge in [-0.25, -0.2) is 9.97 Å². The Balaban J connectivity index is 1.61. The number of H-pyrrole nitrogens is 1. The highest BCUT2D eigenvalue weighted by Gasteiger charge is 2.27. The Labute approximate surface area is 128 Å². The monoisotopic (exact) mass is 304 g/mol. The molecule has 0 fully saturated rings. The maximum absolute atomic E-state index is 12.3. The maximum Gasteiger partial charge on any atom is 0.223 e. The molecule has 3 rings (SSSR count). The predicted octanol–water partition coefficient (Wildman–Crippen LogP) is 2.41. The van der Waals surface area contributed by atoms with Gasteiger partial charge in [0, 0.05) is 29.3 Å². The van der Waals surface area contributed by atoms with Crippen molar-refractivity contribution in [3.63, 3.8) is 0 Å². The van der Waals surface area contributed by atoms with Crippen molar-refractivity contribution in [1.29, 1.82) is 0 Å². The van der Waals surface area contributed by atoms with Crippen molar-refractivity contribution in [2.75, 3.05) is 0 Å². The number of carbonyl (C=O) groups is 1. The van der Waals surface area contributed by atoms with E-state index in [2.05, 4.69) is 34.1 Å². The summed E-state index contributed by atoms with van der Waals surface area (Å²) >= 11 is 1.55. The number of rotatable bonds is 4. The number of amides is 1. The van der Waals surface area contributed by atoms with Gasteiger partial charge in [-0.1, -0.05) is 13.8 Å². The van der Waals surface area contributed by atoms with E-state index in [0.717, 1.165) is 42.2 Å². The summed E-state index contributed by atoms with van der Waals surface area (Å²) in [4.78, 5) is 24.5. The van der Waals surface area contributed by atoms with Crippen LogP contribution in [-0.4, -0.2) is 20.9 Å². The highest BCUT2D eigenvalue weighted by molar-refractivity contribution is 7.07. The summed E-state index contributed by atoms with van der Waals surface area (Å²) in [5.74, 6) is 1.59. The van der Waals surface area contributed by atoms with Crippen molar-refractivity contribution in [3.05, 3.63) is 33.8 Å². The second-order valence-electron chi connectivity index (χ2n) is 5.84. The van der Waals surface area contributed by atoms with Gasteiger partial charge in [-0.05, 0) is 12.8 Å². The largest absolute Gasteiger partial charge is 0.350 e. The first kappa shape index (κ1) is 14.3. The zero-order valence-corrected chi connectivity index (χ0v) is 13.2. The Kier molecular flexibility index (Phi) is 4.05. The van der Waals surface area contributed by atoms with Gasteiger partial charge in [0.25, 0.3) is 0 Å². The molecule has 2 aromatic rings. The van der Waals surface area contributed by atoms with Crippen LogP contribution in [0.3, 0.4) is 0 Å². The number of aromatic nitrogens is 3. The third-order valence-corrected chi connectivity index (χ3v) is 4.54. The van der Waals surface area contributed by atoms with E-state index in [1.54, 1.807) is 16.8 Å². The molecule has 5 nitrogen and oxygen atoms in total. The molecule has 1 atom stereocenters. The summed E-state index contributed by atoms with van der Waals surface area (Å²) < 4.78 is 0. The van der Waals surface area contributed by atoms with E-state index in [1.165, 1.54) is 0 Å². The van der Waals surface area contributed by atoms with Crippen molar-refractivity contribution in [1.82, 2.24) is 20.3 Å². The van der Waals surface area contributed by atoms with Crippen LogP contribution >= 0.6 is 11.3 Å². The number of hydrogen-bond donors (Lipinski definition) is 2. The molecule has 2 N–H and O–H groups in total. The standard InChI is InChI=1S/C15H20N4OS/c1-9(2)14-18-12-4-3-10(5-13(12)19-14)15(20)16-6-11-7-21-8-17-11/h7-10H,3-6H2,1-2H3,(H,16,20)(H,18,19). The number of carbonyl (C=O) groups excluding carboxylic acids is 1. The summed E-state index contributed by atoms with van der Waals surface area (Å²) in [7, 11) is 0. The number of fused-ring (bicyclic) bond motifs is 1. The molecular formula is C15H20N4OS. The number of nitrogens with one attached hydrogen (secondary N) is 2. The third-order valence-electron chi connectivity index (χ3n) is 3.91. The second-order valence-corrected chi connectivity index (χ2v) is 6.56. The van der Waals surface area contributed by atoms with Crippen LogP contribution in [0.2, 0.25) is 0 Å². The maximum atomic E-state index is 12.3. The van der Waals surface area contributed by atoms with Crippen molar-refractivity contribution in [3.8, 4) is 0 Å². The second kappa shape index (κ2) is 5.97. The van der Waals surface area contributed by atoms with E-state index < -0.39 is 0 Å². The number of nitrogens with zero attached hydrogens (tertiary/aromatic N) is 2. The smallest absolute Gasteiger partial charge is 0.223 e. The van der Waals surface area contributed by atoms with Crippen molar-refractivity contribution < 1.29 is 4.79 Å². The molecule has 112 valence electrons. The molecule has 6 heteroatoms. The molecular weight excluding hydrogens is 284 g/mol. The first-order valence-electron chi connectivity index (χ1n) is 7.36. The van der Waals surface area contributed by atoms with E-state index in [9.17, 15) is 4.79 Å². The van der Waals surface area contributed by atoms with Crippen LogP contribution in [0.5, 0.6) is 0 Å². The van der Waals surface area contributed by atoms with Gasteiger partial charge in [0.05, 0.1) is 23.4 Å². The Morgan fingerprint density at radius 3 is 3.14 bits per heavy atom. The molecule has 21 heavy (non-hydrogen) atoms. The minimum Gasteiger partial charge on any atom is -0.350 e. The van der Waals surface area contributed by atoms with Gasteiger partial charge in [0.2, 0.25) is 5.91 Å². The number of imidazole rings is 1. The van der Waals surface area contributed by atoms with Crippen LogP contribution < -0.4 is 5.32 Å². The van der Waals surface area contributed by atoms with E-state index in [4.69, 9.17) is 0 Å². The zero-order chi connectivity index (χ0) is 14.8. The summed E-state index contributed by atoms with van der Waals surface area (Å²) in [5, 5.41) is 4.95. The van der Waals surface area contributed by atoms with Gasteiger partial charge >= 0.3 is 0 Å². The number of aromatic amines is 1. The average molecular weight is 304 g/mol. The van der Waals surface area contributed by atoms with E-state index in [0.29, 0.717) is 12.5 Å². The molecule has 2 heterocycles. The summed E-state index contributed by atoms with van der Waals surface area (Å²) in [6.07, 6.45) is 2.52. The van der Waals surface area contributed by atoms with Gasteiger partial charge in [-0.3, -0.25) is 4.79 Å². The van der Waals surface area contributed by atoms with E-state index in [1.807, 2.05) is 5.38 Å². The molecule has 0 radical (unpaired) electrons. The van der Waals surface area contributed by atoms with Crippen LogP contribution in [0.1, 0.15) is 49.1 Å². The Morgan fingerprint density at radius 1 is 1.57 bits per heavy atom. The number of thiazole rings is 1. The summed E-state index contributed by atoms with van der Waals surface area (Å²) in [6, 6.07) is 0. The molecule has 0 saturated carbocycles. The molecule has 0 aromatic carbocycles. The SMILES string of the molecule is CC(C)c1nc2c([nH]1)CC(C(=O)NCc1cscn1)CC2. The molecule has 0 bridgehead atoms. The van der Waals surface area contributed by atoms with Gasteiger partial charge in [0.1, 0.15) is 5.82 Å². The fourth-order valence-electron chi connectivity index (χ4n) is 2.65. The Hall–Kier alpha value is -1.69. The molecule has 0 spiro atoms. The van der Waals surface area contributed by atoms with Crippen LogP contribution in [-0.2, 0) is 24.2 Å². The van der Waals surface area contributed by atoms with Gasteiger partial charge in [-0.2, -0.15) is 0 Å².